The second-order valence-corrected chi connectivity index (χ2v) is 20.7. The Morgan fingerprint density at radius 3 is 1.44 bits per heavy atom. The van der Waals surface area contributed by atoms with Gasteiger partial charge in [0.15, 0.2) is 0 Å². The molecule has 2 aromatic carbocycles. The van der Waals surface area contributed by atoms with Gasteiger partial charge in [-0.2, -0.15) is 5.26 Å². The van der Waals surface area contributed by atoms with Crippen LogP contribution >= 0.6 is 0 Å². The topological polar surface area (TPSA) is 169 Å². The SMILES string of the molecule is CC#N.CCCCCCC[C@@H](C)CCOCC(CO)N=[N+]=[N-].CCCCCCC[C@@H](C)CCOCC(CO[Si](c1ccccc1)(c1ccccc1)C(C)(C)C)N=[N+]=[N-].F. The Morgan fingerprint density at radius 2 is 1.07 bits per heavy atom. The van der Waals surface area contributed by atoms with Crippen molar-refractivity contribution in [2.45, 2.75) is 162 Å². The van der Waals surface area contributed by atoms with E-state index in [1.54, 1.807) is 6.07 Å². The number of unbranched alkanes of at least 4 members (excludes halogenated alkanes) is 8. The van der Waals surface area contributed by atoms with E-state index < -0.39 is 14.4 Å². The maximum atomic E-state index is 9.22. The molecule has 59 heavy (non-hydrogen) atoms. The van der Waals surface area contributed by atoms with E-state index >= 15 is 0 Å². The number of nitriles is 1. The van der Waals surface area contributed by atoms with Crippen LogP contribution in [0.3, 0.4) is 0 Å². The smallest absolute Gasteiger partial charge is 0.261 e. The second-order valence-electron chi connectivity index (χ2n) is 16.4. The normalized spacial score (nSPS) is 12.9. The Morgan fingerprint density at radius 1 is 0.678 bits per heavy atom. The molecule has 2 unspecified atom stereocenters. The van der Waals surface area contributed by atoms with E-state index in [4.69, 9.17) is 29.8 Å². The van der Waals surface area contributed by atoms with Gasteiger partial charge in [0.05, 0.1) is 38.0 Å². The van der Waals surface area contributed by atoms with Crippen LogP contribution in [0, 0.1) is 23.2 Å². The van der Waals surface area contributed by atoms with Crippen LogP contribution < -0.4 is 10.4 Å². The molecule has 11 nitrogen and oxygen atoms in total. The number of halogens is 1. The third kappa shape index (κ3) is 26.4. The van der Waals surface area contributed by atoms with Gasteiger partial charge in [-0.3, -0.25) is 4.70 Å². The van der Waals surface area contributed by atoms with Crippen LogP contribution in [-0.4, -0.2) is 65.1 Å². The van der Waals surface area contributed by atoms with Gasteiger partial charge in [0.25, 0.3) is 8.32 Å². The van der Waals surface area contributed by atoms with Gasteiger partial charge < -0.3 is 19.0 Å². The Labute approximate surface area is 358 Å². The molecule has 0 fully saturated rings. The fraction of sp³-hybridized carbons (Fsp3) is 0.717. The van der Waals surface area contributed by atoms with Crippen molar-refractivity contribution in [1.82, 2.24) is 0 Å². The molecule has 0 aromatic heterocycles. The Kier molecular flexibility index (Phi) is 36.7. The number of aliphatic hydroxyl groups is 1. The molecule has 0 aliphatic carbocycles. The lowest BCUT2D eigenvalue weighted by Crippen LogP contribution is -2.67. The van der Waals surface area contributed by atoms with Gasteiger partial charge in [-0.1, -0.05) is 196 Å². The van der Waals surface area contributed by atoms with Crippen LogP contribution in [0.25, 0.3) is 20.9 Å². The van der Waals surface area contributed by atoms with Crippen LogP contribution in [0.2, 0.25) is 5.04 Å². The lowest BCUT2D eigenvalue weighted by Gasteiger charge is -2.43. The molecule has 2 rings (SSSR count). The van der Waals surface area contributed by atoms with Crippen molar-refractivity contribution in [2.24, 2.45) is 22.1 Å². The van der Waals surface area contributed by atoms with Crippen molar-refractivity contribution in [3.05, 3.63) is 81.5 Å². The molecular formula is C46H80FN7O4Si. The van der Waals surface area contributed by atoms with E-state index in [-0.39, 0.29) is 22.4 Å². The number of nitrogens with zero attached hydrogens (tertiary/aromatic N) is 7. The highest BCUT2D eigenvalue weighted by Gasteiger charge is 2.50. The quantitative estimate of drug-likeness (QED) is 0.0271. The molecular weight excluding hydrogens is 762 g/mol. The van der Waals surface area contributed by atoms with Crippen LogP contribution in [0.1, 0.15) is 145 Å². The molecule has 0 aliphatic rings. The zero-order valence-electron chi connectivity index (χ0n) is 37.9. The maximum absolute atomic E-state index is 9.22. The average molecular weight is 842 g/mol. The highest BCUT2D eigenvalue weighted by molar-refractivity contribution is 6.99. The molecule has 1 N–H and O–H groups in total. The molecule has 13 heteroatoms. The second kappa shape index (κ2) is 37.5. The largest absolute Gasteiger partial charge is 0.407 e. The minimum atomic E-state index is -2.67. The number of hydrogen-bond donors (Lipinski definition) is 1. The molecule has 0 saturated heterocycles. The summed E-state index contributed by atoms with van der Waals surface area (Å²) in [6, 6.07) is 22.0. The molecule has 0 radical (unpaired) electrons. The summed E-state index contributed by atoms with van der Waals surface area (Å²) < 4.78 is 18.4. The van der Waals surface area contributed by atoms with Crippen molar-refractivity contribution in [2.75, 3.05) is 39.6 Å². The van der Waals surface area contributed by atoms with Gasteiger partial charge in [0.2, 0.25) is 0 Å². The maximum Gasteiger partial charge on any atom is 0.261 e. The monoisotopic (exact) mass is 842 g/mol. The number of azide groups is 2. The van der Waals surface area contributed by atoms with E-state index in [1.807, 2.05) is 12.1 Å². The number of aliphatic hydroxyl groups excluding tert-OH is 1. The number of benzene rings is 2. The van der Waals surface area contributed by atoms with Crippen LogP contribution in [-0.2, 0) is 13.9 Å². The standard InChI is InChI=1S/C30H47N3O2Si.C14H29N3O2.C2H3N.FH/c1-6-7-8-9-12-17-26(2)22-23-34-24-27(32-33-31)25-35-36(30(3,4)5,28-18-13-10-14-19-28)29-20-15-11-16-21-29;1-3-4-5-6-7-8-13(2)9-10-19-12-14(11-18)16-17-15;1-2-3;/h10-11,13-16,18-21,26-27H,6-9,12,17,22-25H2,1-5H3;13-14,18H,3-12H2,1-2H3;1H3;1H/t26-,27?;13-,14?;;/m11../s1. The fourth-order valence-corrected chi connectivity index (χ4v) is 11.5. The highest BCUT2D eigenvalue weighted by Crippen LogP contribution is 2.37. The summed E-state index contributed by atoms with van der Waals surface area (Å²) in [5, 5.41) is 26.0. The zero-order valence-corrected chi connectivity index (χ0v) is 38.9. The Hall–Kier alpha value is -3.46. The fourth-order valence-electron chi connectivity index (χ4n) is 6.86. The predicted molar refractivity (Wildman–Crippen MR) is 246 cm³/mol. The van der Waals surface area contributed by atoms with Crippen molar-refractivity contribution in [1.29, 1.82) is 5.26 Å². The van der Waals surface area contributed by atoms with Crippen LogP contribution in [0.5, 0.6) is 0 Å². The molecule has 0 saturated carbocycles. The Bertz CT molecular complexity index is 1360. The third-order valence-electron chi connectivity index (χ3n) is 10.3. The number of rotatable bonds is 30. The van der Waals surface area contributed by atoms with Gasteiger partial charge in [-0.25, -0.2) is 0 Å². The van der Waals surface area contributed by atoms with Gasteiger partial charge in [-0.15, -0.1) is 0 Å². The molecule has 0 bridgehead atoms. The van der Waals surface area contributed by atoms with E-state index in [0.29, 0.717) is 44.9 Å². The first kappa shape index (κ1) is 57.6. The van der Waals surface area contributed by atoms with Gasteiger partial charge >= 0.3 is 0 Å². The molecule has 0 heterocycles. The summed E-state index contributed by atoms with van der Waals surface area (Å²) in [4.78, 5) is 5.77. The molecule has 2 aromatic rings. The summed E-state index contributed by atoms with van der Waals surface area (Å²) in [6.45, 7) is 19.5. The molecule has 0 aliphatic heterocycles. The highest BCUT2D eigenvalue weighted by atomic mass is 28.4. The number of hydrogen-bond acceptors (Lipinski definition) is 7. The van der Waals surface area contributed by atoms with E-state index in [1.165, 1.54) is 94.3 Å². The predicted octanol–water partition coefficient (Wildman–Crippen LogP) is 12.4. The van der Waals surface area contributed by atoms with E-state index in [0.717, 1.165) is 12.8 Å². The van der Waals surface area contributed by atoms with Crippen LogP contribution in [0.4, 0.5) is 4.70 Å². The Balaban J connectivity index is 0. The van der Waals surface area contributed by atoms with Crippen LogP contribution in [0.15, 0.2) is 70.9 Å². The molecule has 0 spiro atoms. The van der Waals surface area contributed by atoms with Crippen molar-refractivity contribution in [3.63, 3.8) is 0 Å². The van der Waals surface area contributed by atoms with E-state index in [2.05, 4.69) is 117 Å². The first-order valence-electron chi connectivity index (χ1n) is 21.9. The first-order chi connectivity index (χ1) is 28.0. The van der Waals surface area contributed by atoms with E-state index in [9.17, 15) is 5.53 Å². The summed E-state index contributed by atoms with van der Waals surface area (Å²) in [5.41, 5.74) is 17.5. The van der Waals surface area contributed by atoms with Gasteiger partial charge in [0, 0.05) is 36.6 Å². The summed E-state index contributed by atoms with van der Waals surface area (Å²) in [5.74, 6) is 1.33. The molecule has 0 amide bonds. The minimum Gasteiger partial charge on any atom is -0.407 e. The molecule has 334 valence electrons. The molecule has 4 atom stereocenters. The van der Waals surface area contributed by atoms with Crippen molar-refractivity contribution in [3.8, 4) is 6.07 Å². The van der Waals surface area contributed by atoms with Gasteiger partial charge in [0.1, 0.15) is 0 Å². The van der Waals surface area contributed by atoms with Gasteiger partial charge in [-0.05, 0) is 51.2 Å². The lowest BCUT2D eigenvalue weighted by atomic mass is 9.99. The summed E-state index contributed by atoms with van der Waals surface area (Å²) in [7, 11) is -2.67. The van der Waals surface area contributed by atoms with Crippen molar-refractivity contribution < 1.29 is 23.7 Å². The zero-order chi connectivity index (χ0) is 43.3. The lowest BCUT2D eigenvalue weighted by molar-refractivity contribution is 0.0915. The minimum absolute atomic E-state index is 0. The van der Waals surface area contributed by atoms with Crippen molar-refractivity contribution >= 4 is 18.7 Å². The first-order valence-corrected chi connectivity index (χ1v) is 23.8. The summed E-state index contributed by atoms with van der Waals surface area (Å²) >= 11 is 0. The average Bonchev–Trinajstić information content (AvgIpc) is 3.21. The third-order valence-corrected chi connectivity index (χ3v) is 15.3. The summed E-state index contributed by atoms with van der Waals surface area (Å²) in [6.07, 6.45) is 17.8. The number of ether oxygens (including phenoxy) is 2.